The van der Waals surface area contributed by atoms with Crippen molar-refractivity contribution in [3.63, 3.8) is 0 Å². The van der Waals surface area contributed by atoms with E-state index in [1.54, 1.807) is 7.11 Å². The van der Waals surface area contributed by atoms with Gasteiger partial charge in [0.25, 0.3) is 0 Å². The van der Waals surface area contributed by atoms with Crippen LogP contribution >= 0.6 is 11.6 Å². The Kier molecular flexibility index (Phi) is 6.30. The maximum absolute atomic E-state index is 12.0. The summed E-state index contributed by atoms with van der Waals surface area (Å²) in [5.74, 6) is 1.30. The van der Waals surface area contributed by atoms with Gasteiger partial charge in [-0.2, -0.15) is 0 Å². The second kappa shape index (κ2) is 8.51. The van der Waals surface area contributed by atoms with Crippen molar-refractivity contribution in [2.24, 2.45) is 0 Å². The van der Waals surface area contributed by atoms with Gasteiger partial charge in [0.1, 0.15) is 17.1 Å². The number of halogens is 1. The zero-order chi connectivity index (χ0) is 19.4. The van der Waals surface area contributed by atoms with Gasteiger partial charge in [-0.15, -0.1) is 0 Å². The lowest BCUT2D eigenvalue weighted by molar-refractivity contribution is -0.00497. The van der Waals surface area contributed by atoms with Crippen LogP contribution in [0.5, 0.6) is 11.5 Å². The lowest BCUT2D eigenvalue weighted by atomic mass is 9.73. The van der Waals surface area contributed by atoms with Crippen LogP contribution in [0.2, 0.25) is 5.02 Å². The molecule has 0 bridgehead atoms. The SMILES string of the molecule is COc1cc(C2CCOc3ccccc3C2(O)CCCN(C)C)ccc1Cl. The minimum Gasteiger partial charge on any atom is -0.495 e. The van der Waals surface area contributed by atoms with Crippen LogP contribution in [0.25, 0.3) is 0 Å². The Morgan fingerprint density at radius 1 is 1.26 bits per heavy atom. The molecule has 2 unspecified atom stereocenters. The third kappa shape index (κ3) is 4.23. The van der Waals surface area contributed by atoms with Crippen molar-refractivity contribution in [2.45, 2.75) is 30.8 Å². The fourth-order valence-corrected chi connectivity index (χ4v) is 4.17. The average molecular weight is 390 g/mol. The first-order valence-electron chi connectivity index (χ1n) is 9.38. The van der Waals surface area contributed by atoms with Gasteiger partial charge in [0.2, 0.25) is 0 Å². The van der Waals surface area contributed by atoms with Crippen LogP contribution in [0, 0.1) is 0 Å². The highest BCUT2D eigenvalue weighted by Gasteiger charge is 2.42. The average Bonchev–Trinajstić information content (AvgIpc) is 2.79. The molecule has 1 aliphatic heterocycles. The van der Waals surface area contributed by atoms with Crippen LogP contribution in [-0.4, -0.2) is 44.4 Å². The summed E-state index contributed by atoms with van der Waals surface area (Å²) >= 11 is 6.22. The van der Waals surface area contributed by atoms with E-state index in [4.69, 9.17) is 21.1 Å². The van der Waals surface area contributed by atoms with Crippen LogP contribution in [-0.2, 0) is 5.60 Å². The minimum atomic E-state index is -1.01. The second-order valence-electron chi connectivity index (χ2n) is 7.41. The van der Waals surface area contributed by atoms with Gasteiger partial charge in [0.15, 0.2) is 0 Å². The van der Waals surface area contributed by atoms with Crippen molar-refractivity contribution in [1.29, 1.82) is 0 Å². The summed E-state index contributed by atoms with van der Waals surface area (Å²) in [7, 11) is 5.71. The van der Waals surface area contributed by atoms with Gasteiger partial charge in [0.05, 0.1) is 18.7 Å². The lowest BCUT2D eigenvalue weighted by Gasteiger charge is -2.36. The zero-order valence-electron chi connectivity index (χ0n) is 16.2. The van der Waals surface area contributed by atoms with Gasteiger partial charge in [-0.1, -0.05) is 35.9 Å². The van der Waals surface area contributed by atoms with Gasteiger partial charge < -0.3 is 19.5 Å². The molecule has 0 aliphatic carbocycles. The van der Waals surface area contributed by atoms with E-state index < -0.39 is 5.60 Å². The van der Waals surface area contributed by atoms with Gasteiger partial charge >= 0.3 is 0 Å². The molecule has 27 heavy (non-hydrogen) atoms. The molecule has 1 aliphatic rings. The minimum absolute atomic E-state index is 0.102. The molecular weight excluding hydrogens is 362 g/mol. The molecule has 1 heterocycles. The van der Waals surface area contributed by atoms with Gasteiger partial charge in [-0.25, -0.2) is 0 Å². The predicted octanol–water partition coefficient (Wildman–Crippen LogP) is 4.44. The van der Waals surface area contributed by atoms with Crippen molar-refractivity contribution in [2.75, 3.05) is 34.4 Å². The molecular formula is C22H28ClNO3. The van der Waals surface area contributed by atoms with Crippen molar-refractivity contribution >= 4 is 11.6 Å². The summed E-state index contributed by atoms with van der Waals surface area (Å²) in [5.41, 5.74) is 0.867. The molecule has 0 amide bonds. The topological polar surface area (TPSA) is 41.9 Å². The molecule has 0 radical (unpaired) electrons. The monoisotopic (exact) mass is 389 g/mol. The van der Waals surface area contributed by atoms with Crippen LogP contribution in [0.4, 0.5) is 0 Å². The van der Waals surface area contributed by atoms with E-state index in [-0.39, 0.29) is 5.92 Å². The van der Waals surface area contributed by atoms with Crippen LogP contribution in [0.15, 0.2) is 42.5 Å². The van der Waals surface area contributed by atoms with Crippen molar-refractivity contribution in [3.05, 3.63) is 58.6 Å². The predicted molar refractivity (Wildman–Crippen MR) is 109 cm³/mol. The van der Waals surface area contributed by atoms with E-state index in [1.807, 2.05) is 42.5 Å². The zero-order valence-corrected chi connectivity index (χ0v) is 17.0. The molecule has 0 aromatic heterocycles. The molecule has 3 rings (SSSR count). The maximum atomic E-state index is 12.0. The molecule has 2 atom stereocenters. The third-order valence-corrected chi connectivity index (χ3v) is 5.65. The van der Waals surface area contributed by atoms with E-state index in [2.05, 4.69) is 19.0 Å². The van der Waals surface area contributed by atoms with Crippen molar-refractivity contribution < 1.29 is 14.6 Å². The Labute approximate surface area is 166 Å². The second-order valence-corrected chi connectivity index (χ2v) is 7.82. The molecule has 1 N–H and O–H groups in total. The van der Waals surface area contributed by atoms with Crippen LogP contribution < -0.4 is 9.47 Å². The highest BCUT2D eigenvalue weighted by Crippen LogP contribution is 2.48. The molecule has 2 aromatic rings. The molecule has 146 valence electrons. The number of methoxy groups -OCH3 is 1. The lowest BCUT2D eigenvalue weighted by Crippen LogP contribution is -2.34. The first-order chi connectivity index (χ1) is 13.0. The summed E-state index contributed by atoms with van der Waals surface area (Å²) in [6.07, 6.45) is 2.26. The number of nitrogens with zero attached hydrogens (tertiary/aromatic N) is 1. The molecule has 5 heteroatoms. The summed E-state index contributed by atoms with van der Waals surface area (Å²) in [4.78, 5) is 2.14. The van der Waals surface area contributed by atoms with Gasteiger partial charge in [0, 0.05) is 11.5 Å². The first-order valence-corrected chi connectivity index (χ1v) is 9.76. The number of hydrogen-bond donors (Lipinski definition) is 1. The number of rotatable bonds is 6. The summed E-state index contributed by atoms with van der Waals surface area (Å²) in [5, 5.41) is 12.6. The van der Waals surface area contributed by atoms with Crippen molar-refractivity contribution in [3.8, 4) is 11.5 Å². The van der Waals surface area contributed by atoms with Crippen LogP contribution in [0.3, 0.4) is 0 Å². The highest BCUT2D eigenvalue weighted by atomic mass is 35.5. The van der Waals surface area contributed by atoms with E-state index in [0.717, 1.165) is 36.3 Å². The van der Waals surface area contributed by atoms with Gasteiger partial charge in [-0.3, -0.25) is 0 Å². The normalized spacial score (nSPS) is 22.1. The quantitative estimate of drug-likeness (QED) is 0.792. The van der Waals surface area contributed by atoms with E-state index in [0.29, 0.717) is 23.8 Å². The molecule has 0 saturated carbocycles. The number of benzene rings is 2. The smallest absolute Gasteiger partial charge is 0.137 e. The van der Waals surface area contributed by atoms with Crippen LogP contribution in [0.1, 0.15) is 36.3 Å². The third-order valence-electron chi connectivity index (χ3n) is 5.33. The van der Waals surface area contributed by atoms with E-state index in [1.165, 1.54) is 0 Å². The van der Waals surface area contributed by atoms with E-state index >= 15 is 0 Å². The summed E-state index contributed by atoms with van der Waals surface area (Å²) in [6.45, 7) is 1.48. The number of ether oxygens (including phenoxy) is 2. The number of hydrogen-bond acceptors (Lipinski definition) is 4. The fraction of sp³-hybridized carbons (Fsp3) is 0.455. The Bertz CT molecular complexity index is 780. The van der Waals surface area contributed by atoms with Crippen molar-refractivity contribution in [1.82, 2.24) is 4.90 Å². The maximum Gasteiger partial charge on any atom is 0.137 e. The summed E-state index contributed by atoms with van der Waals surface area (Å²) in [6, 6.07) is 13.6. The molecule has 0 saturated heterocycles. The Hall–Kier alpha value is -1.75. The van der Waals surface area contributed by atoms with Gasteiger partial charge in [-0.05, 0) is 63.7 Å². The largest absolute Gasteiger partial charge is 0.495 e. The molecule has 0 spiro atoms. The summed E-state index contributed by atoms with van der Waals surface area (Å²) < 4.78 is 11.4. The fourth-order valence-electron chi connectivity index (χ4n) is 3.97. The molecule has 2 aromatic carbocycles. The standard InChI is InChI=1S/C22H28ClNO3/c1-24(2)13-6-12-22(25)17(16-9-10-19(23)21(15-16)26-3)11-14-27-20-8-5-4-7-18(20)22/h4-5,7-10,15,17,25H,6,11-14H2,1-3H3. The van der Waals surface area contributed by atoms with E-state index in [9.17, 15) is 5.11 Å². The first kappa shape index (κ1) is 20.0. The Morgan fingerprint density at radius 2 is 2.04 bits per heavy atom. The number of fused-ring (bicyclic) bond motifs is 1. The Morgan fingerprint density at radius 3 is 2.78 bits per heavy atom. The molecule has 4 nitrogen and oxygen atoms in total. The molecule has 0 fully saturated rings. The number of aliphatic hydroxyl groups is 1. The number of para-hydroxylation sites is 1. The Balaban J connectivity index is 2.04. The highest BCUT2D eigenvalue weighted by molar-refractivity contribution is 6.32.